The minimum absolute atomic E-state index is 0.0194. The second-order valence-corrected chi connectivity index (χ2v) is 5.46. The highest BCUT2D eigenvalue weighted by Gasteiger charge is 2.30. The van der Waals surface area contributed by atoms with Gasteiger partial charge in [0.25, 0.3) is 5.56 Å². The van der Waals surface area contributed by atoms with Gasteiger partial charge >= 0.3 is 17.9 Å². The molecule has 0 atom stereocenters. The topological polar surface area (TPSA) is 71.1 Å². The van der Waals surface area contributed by atoms with Crippen LogP contribution in [-0.2, 0) is 27.3 Å². The number of aromatic nitrogens is 4. The predicted octanol–water partition coefficient (Wildman–Crippen LogP) is 1.78. The van der Waals surface area contributed by atoms with E-state index in [0.717, 1.165) is 16.7 Å². The van der Waals surface area contributed by atoms with E-state index < -0.39 is 23.0 Å². The van der Waals surface area contributed by atoms with E-state index in [2.05, 4.69) is 4.98 Å². The van der Waals surface area contributed by atoms with Crippen LogP contribution in [-0.4, -0.2) is 18.7 Å². The summed E-state index contributed by atoms with van der Waals surface area (Å²) in [4.78, 5) is 28.2. The van der Waals surface area contributed by atoms with Crippen LogP contribution in [0.25, 0.3) is 11.2 Å². The van der Waals surface area contributed by atoms with Gasteiger partial charge in [0, 0.05) is 21.1 Å². The lowest BCUT2D eigenvalue weighted by molar-refractivity contribution is -0.137. The summed E-state index contributed by atoms with van der Waals surface area (Å²) < 4.78 is 47.2. The molecule has 0 unspecified atom stereocenters. The zero-order valence-corrected chi connectivity index (χ0v) is 13.5. The molecule has 1 aromatic carbocycles. The van der Waals surface area contributed by atoms with Gasteiger partial charge in [0.05, 0.1) is 5.56 Å². The number of fused-ring (bicyclic) bond motifs is 1. The average Bonchev–Trinajstić information content (AvgIpc) is 2.87. The largest absolute Gasteiger partial charge is 0.425 e. The van der Waals surface area contributed by atoms with E-state index in [9.17, 15) is 22.8 Å². The maximum atomic E-state index is 12.8. The molecule has 0 saturated carbocycles. The Kier molecular flexibility index (Phi) is 3.70. The highest BCUT2D eigenvalue weighted by molar-refractivity contribution is 5.71. The van der Waals surface area contributed by atoms with Crippen molar-refractivity contribution >= 4 is 11.2 Å². The number of hydrogen-bond acceptors (Lipinski definition) is 4. The number of hydrogen-bond donors (Lipinski definition) is 0. The zero-order chi connectivity index (χ0) is 18.5. The summed E-state index contributed by atoms with van der Waals surface area (Å²) in [5.41, 5.74) is -1.85. The summed E-state index contributed by atoms with van der Waals surface area (Å²) in [6.07, 6.45) is -4.51. The van der Waals surface area contributed by atoms with E-state index in [1.165, 1.54) is 42.4 Å². The number of aryl methyl sites for hydroxylation is 2. The first-order valence-electron chi connectivity index (χ1n) is 7.09. The highest BCUT2D eigenvalue weighted by atomic mass is 19.4. The van der Waals surface area contributed by atoms with Crippen LogP contribution >= 0.6 is 0 Å². The maximum Gasteiger partial charge on any atom is 0.416 e. The van der Waals surface area contributed by atoms with Crippen molar-refractivity contribution in [1.82, 2.24) is 18.7 Å². The molecule has 0 radical (unpaired) electrons. The molecule has 3 rings (SSSR count). The van der Waals surface area contributed by atoms with Gasteiger partial charge in [0.15, 0.2) is 11.2 Å². The minimum Gasteiger partial charge on any atom is -0.425 e. The average molecular weight is 354 g/mol. The Bertz CT molecular complexity index is 1090. The molecule has 3 aromatic rings. The van der Waals surface area contributed by atoms with Crippen LogP contribution in [0.3, 0.4) is 0 Å². The van der Waals surface area contributed by atoms with Crippen LogP contribution in [0, 0.1) is 0 Å². The van der Waals surface area contributed by atoms with E-state index >= 15 is 0 Å². The van der Waals surface area contributed by atoms with Gasteiger partial charge in [-0.25, -0.2) is 4.79 Å². The molecule has 0 saturated heterocycles. The van der Waals surface area contributed by atoms with Crippen LogP contribution in [0.1, 0.15) is 5.56 Å². The molecule has 2 heterocycles. The number of rotatable bonds is 2. The molecule has 0 spiro atoms. The maximum absolute atomic E-state index is 12.8. The third kappa shape index (κ3) is 2.69. The van der Waals surface area contributed by atoms with Crippen LogP contribution in [0.5, 0.6) is 11.8 Å². The van der Waals surface area contributed by atoms with Crippen molar-refractivity contribution in [2.45, 2.75) is 6.18 Å². The van der Waals surface area contributed by atoms with Gasteiger partial charge in [0.1, 0.15) is 5.75 Å². The molecule has 7 nitrogen and oxygen atoms in total. The van der Waals surface area contributed by atoms with Crippen molar-refractivity contribution in [3.8, 4) is 11.8 Å². The Morgan fingerprint density at radius 1 is 1.04 bits per heavy atom. The Morgan fingerprint density at radius 2 is 1.72 bits per heavy atom. The number of halogens is 3. The number of alkyl halides is 3. The second-order valence-electron chi connectivity index (χ2n) is 5.46. The fourth-order valence-corrected chi connectivity index (χ4v) is 2.49. The molecule has 0 aliphatic heterocycles. The molecule has 132 valence electrons. The van der Waals surface area contributed by atoms with Crippen LogP contribution in [0.15, 0.2) is 33.9 Å². The molecule has 25 heavy (non-hydrogen) atoms. The molecular formula is C15H13F3N4O3. The zero-order valence-electron chi connectivity index (χ0n) is 13.5. The number of nitrogens with zero attached hydrogens (tertiary/aromatic N) is 4. The van der Waals surface area contributed by atoms with Gasteiger partial charge in [0.2, 0.25) is 0 Å². The van der Waals surface area contributed by atoms with Gasteiger partial charge in [-0.1, -0.05) is 6.07 Å². The first kappa shape index (κ1) is 16.8. The Morgan fingerprint density at radius 3 is 2.36 bits per heavy atom. The summed E-state index contributed by atoms with van der Waals surface area (Å²) in [7, 11) is 4.27. The predicted molar refractivity (Wildman–Crippen MR) is 82.7 cm³/mol. The molecule has 0 aliphatic carbocycles. The summed E-state index contributed by atoms with van der Waals surface area (Å²) in [6, 6.07) is 4.19. The molecule has 2 aromatic heterocycles. The van der Waals surface area contributed by atoms with Crippen molar-refractivity contribution in [2.24, 2.45) is 21.1 Å². The minimum atomic E-state index is -4.51. The third-order valence-corrected chi connectivity index (χ3v) is 3.79. The van der Waals surface area contributed by atoms with E-state index in [1.54, 1.807) is 0 Å². The van der Waals surface area contributed by atoms with E-state index in [-0.39, 0.29) is 22.9 Å². The summed E-state index contributed by atoms with van der Waals surface area (Å²) in [5, 5.41) is 0. The number of benzene rings is 1. The van der Waals surface area contributed by atoms with Crippen molar-refractivity contribution in [3.05, 3.63) is 50.7 Å². The summed E-state index contributed by atoms with van der Waals surface area (Å²) in [6.45, 7) is 0. The quantitative estimate of drug-likeness (QED) is 0.703. The lowest BCUT2D eigenvalue weighted by Crippen LogP contribution is -2.37. The van der Waals surface area contributed by atoms with Gasteiger partial charge in [-0.15, -0.1) is 0 Å². The highest BCUT2D eigenvalue weighted by Crippen LogP contribution is 2.32. The lowest BCUT2D eigenvalue weighted by atomic mass is 10.2. The van der Waals surface area contributed by atoms with Crippen molar-refractivity contribution in [2.75, 3.05) is 0 Å². The fraction of sp³-hybridized carbons (Fsp3) is 0.267. The van der Waals surface area contributed by atoms with E-state index in [4.69, 9.17) is 4.74 Å². The monoisotopic (exact) mass is 354 g/mol. The van der Waals surface area contributed by atoms with Crippen molar-refractivity contribution in [3.63, 3.8) is 0 Å². The first-order valence-corrected chi connectivity index (χ1v) is 7.09. The van der Waals surface area contributed by atoms with E-state index in [1.807, 2.05) is 0 Å². The van der Waals surface area contributed by atoms with Gasteiger partial charge < -0.3 is 4.74 Å². The summed E-state index contributed by atoms with van der Waals surface area (Å²) >= 11 is 0. The first-order chi connectivity index (χ1) is 11.6. The molecule has 0 amide bonds. The van der Waals surface area contributed by atoms with Crippen molar-refractivity contribution in [1.29, 1.82) is 0 Å². The van der Waals surface area contributed by atoms with Gasteiger partial charge in [-0.05, 0) is 18.2 Å². The van der Waals surface area contributed by atoms with E-state index in [0.29, 0.717) is 0 Å². The molecule has 0 N–H and O–H groups in total. The number of ether oxygens (including phenoxy) is 1. The van der Waals surface area contributed by atoms with Gasteiger partial charge in [-0.2, -0.15) is 18.2 Å². The smallest absolute Gasteiger partial charge is 0.416 e. The Balaban J connectivity index is 2.14. The molecule has 0 bridgehead atoms. The Labute approximate surface area is 138 Å². The molecule has 0 aliphatic rings. The van der Waals surface area contributed by atoms with Gasteiger partial charge in [-0.3, -0.25) is 18.5 Å². The second kappa shape index (κ2) is 5.50. The summed E-state index contributed by atoms with van der Waals surface area (Å²) in [5.74, 6) is -0.0879. The lowest BCUT2D eigenvalue weighted by Gasteiger charge is -2.10. The fourth-order valence-electron chi connectivity index (χ4n) is 2.49. The molecule has 0 fully saturated rings. The Hall–Kier alpha value is -3.04. The van der Waals surface area contributed by atoms with Crippen LogP contribution < -0.4 is 16.0 Å². The number of imidazole rings is 1. The van der Waals surface area contributed by atoms with Crippen molar-refractivity contribution < 1.29 is 17.9 Å². The SMILES string of the molecule is Cn1c(=O)c2nc(Oc3cccc(C(F)(F)F)c3)n(C)c2n(C)c1=O. The van der Waals surface area contributed by atoms with Crippen LogP contribution in [0.2, 0.25) is 0 Å². The standard InChI is InChI=1S/C15H13F3N4O3/c1-20-11-10(12(23)22(3)14(24)21(11)2)19-13(20)25-9-6-4-5-8(7-9)15(16,17)18/h4-7H,1-3H3. The van der Waals surface area contributed by atoms with Crippen LogP contribution in [0.4, 0.5) is 13.2 Å². The normalized spacial score (nSPS) is 11.9. The molecule has 10 heteroatoms. The third-order valence-electron chi connectivity index (χ3n) is 3.79. The molecular weight excluding hydrogens is 341 g/mol.